The van der Waals surface area contributed by atoms with Gasteiger partial charge in [-0.25, -0.2) is 4.98 Å². The number of anilines is 1. The Morgan fingerprint density at radius 1 is 0.933 bits per heavy atom. The fourth-order valence-electron chi connectivity index (χ4n) is 3.07. The van der Waals surface area contributed by atoms with E-state index in [-0.39, 0.29) is 36.1 Å². The molecule has 0 unspecified atom stereocenters. The molecule has 156 valence electrons. The number of nitrogens with one attached hydrogen (secondary N) is 1. The first-order valence-corrected chi connectivity index (χ1v) is 9.21. The summed E-state index contributed by atoms with van der Waals surface area (Å²) in [6.45, 7) is 6.45. The Morgan fingerprint density at radius 3 is 2.30 bits per heavy atom. The third kappa shape index (κ3) is 4.99. The number of fused-ring (bicyclic) bond motifs is 1. The molecule has 4 aromatic rings. The highest BCUT2D eigenvalue weighted by Gasteiger charge is 2.15. The Bertz CT molecular complexity index is 1130. The molecule has 4 rings (SSSR count). The summed E-state index contributed by atoms with van der Waals surface area (Å²) in [6, 6.07) is 15.5. The summed E-state index contributed by atoms with van der Waals surface area (Å²) in [7, 11) is 0. The van der Waals surface area contributed by atoms with Crippen molar-refractivity contribution in [3.63, 3.8) is 0 Å². The molecule has 0 saturated heterocycles. The summed E-state index contributed by atoms with van der Waals surface area (Å²) in [5.41, 5.74) is 4.70. The van der Waals surface area contributed by atoms with Crippen molar-refractivity contribution in [1.29, 1.82) is 0 Å². The summed E-state index contributed by atoms with van der Waals surface area (Å²) >= 11 is 0. The van der Waals surface area contributed by atoms with Crippen molar-refractivity contribution < 1.29 is 4.79 Å². The van der Waals surface area contributed by atoms with Crippen LogP contribution < -0.4 is 5.32 Å². The van der Waals surface area contributed by atoms with Gasteiger partial charge in [-0.15, -0.1) is 24.8 Å². The van der Waals surface area contributed by atoms with Crippen LogP contribution in [0, 0.1) is 0 Å². The molecule has 3 aromatic heterocycles. The normalized spacial score (nSPS) is 10.8. The molecule has 0 spiro atoms. The van der Waals surface area contributed by atoms with Gasteiger partial charge in [-0.1, -0.05) is 39.0 Å². The minimum atomic E-state index is -0.170. The van der Waals surface area contributed by atoms with E-state index in [1.165, 1.54) is 5.56 Å². The SMILES string of the molecule is CC(C)(C)c1ccc(C(=O)Nc2cn3cc(-c4cccnc4)ccc3n2)cc1.Cl.Cl. The van der Waals surface area contributed by atoms with E-state index >= 15 is 0 Å². The number of carbonyl (C=O) groups is 1. The molecule has 1 aromatic carbocycles. The lowest BCUT2D eigenvalue weighted by Gasteiger charge is -2.18. The van der Waals surface area contributed by atoms with Crippen LogP contribution in [0.1, 0.15) is 36.7 Å². The van der Waals surface area contributed by atoms with Crippen LogP contribution >= 0.6 is 24.8 Å². The van der Waals surface area contributed by atoms with E-state index in [4.69, 9.17) is 0 Å². The van der Waals surface area contributed by atoms with E-state index < -0.39 is 0 Å². The molecule has 3 heterocycles. The fraction of sp³-hybridized carbons (Fsp3) is 0.174. The predicted molar refractivity (Wildman–Crippen MR) is 126 cm³/mol. The minimum Gasteiger partial charge on any atom is -0.305 e. The van der Waals surface area contributed by atoms with E-state index in [1.54, 1.807) is 6.20 Å². The number of nitrogens with zero attached hydrogens (tertiary/aromatic N) is 3. The predicted octanol–water partition coefficient (Wildman–Crippen LogP) is 5.79. The molecule has 0 saturated carbocycles. The van der Waals surface area contributed by atoms with Crippen LogP contribution in [0.15, 0.2) is 73.3 Å². The highest BCUT2D eigenvalue weighted by Crippen LogP contribution is 2.23. The van der Waals surface area contributed by atoms with Crippen LogP contribution in [0.2, 0.25) is 0 Å². The van der Waals surface area contributed by atoms with E-state index in [0.29, 0.717) is 11.4 Å². The lowest BCUT2D eigenvalue weighted by atomic mass is 9.87. The average Bonchev–Trinajstić information content (AvgIpc) is 3.09. The van der Waals surface area contributed by atoms with E-state index in [1.807, 2.05) is 71.5 Å². The Balaban J connectivity index is 0.00000160. The zero-order chi connectivity index (χ0) is 19.7. The third-order valence-corrected chi connectivity index (χ3v) is 4.70. The monoisotopic (exact) mass is 442 g/mol. The van der Waals surface area contributed by atoms with Crippen molar-refractivity contribution >= 4 is 42.2 Å². The van der Waals surface area contributed by atoms with Gasteiger partial charge in [-0.3, -0.25) is 9.78 Å². The molecule has 1 amide bonds. The van der Waals surface area contributed by atoms with Crippen molar-refractivity contribution in [2.45, 2.75) is 26.2 Å². The summed E-state index contributed by atoms with van der Waals surface area (Å²) in [5.74, 6) is 0.351. The maximum Gasteiger partial charge on any atom is 0.256 e. The zero-order valence-corrected chi connectivity index (χ0v) is 18.6. The number of aromatic nitrogens is 3. The van der Waals surface area contributed by atoms with Crippen LogP contribution in [-0.2, 0) is 5.41 Å². The maximum absolute atomic E-state index is 12.6. The van der Waals surface area contributed by atoms with Crippen LogP contribution in [0.4, 0.5) is 5.82 Å². The lowest BCUT2D eigenvalue weighted by Crippen LogP contribution is -2.14. The minimum absolute atomic E-state index is 0. The molecule has 0 aliphatic carbocycles. The van der Waals surface area contributed by atoms with Gasteiger partial charge in [-0.05, 0) is 46.9 Å². The first-order chi connectivity index (χ1) is 13.4. The second kappa shape index (κ2) is 9.28. The quantitative estimate of drug-likeness (QED) is 0.436. The standard InChI is InChI=1S/C23H22N4O.2ClH/c1-23(2,3)19-9-6-16(7-10-19)22(28)26-20-15-27-14-18(8-11-21(27)25-20)17-5-4-12-24-13-17;;/h4-15H,1-3H3,(H,26,28);2*1H. The van der Waals surface area contributed by atoms with Crippen LogP contribution in [-0.4, -0.2) is 20.3 Å². The summed E-state index contributed by atoms with van der Waals surface area (Å²) < 4.78 is 1.90. The Labute approximate surface area is 188 Å². The van der Waals surface area contributed by atoms with Gasteiger partial charge in [0.2, 0.25) is 0 Å². The van der Waals surface area contributed by atoms with Gasteiger partial charge in [0.1, 0.15) is 5.65 Å². The van der Waals surface area contributed by atoms with E-state index in [9.17, 15) is 4.79 Å². The molecular formula is C23H24Cl2N4O. The Morgan fingerprint density at radius 2 is 1.67 bits per heavy atom. The molecule has 0 atom stereocenters. The first kappa shape index (κ1) is 23.4. The Kier molecular flexibility index (Phi) is 7.24. The zero-order valence-electron chi connectivity index (χ0n) is 17.0. The summed E-state index contributed by atoms with van der Waals surface area (Å²) in [4.78, 5) is 21.2. The largest absolute Gasteiger partial charge is 0.305 e. The molecule has 7 heteroatoms. The van der Waals surface area contributed by atoms with Gasteiger partial charge in [-0.2, -0.15) is 0 Å². The molecule has 0 aliphatic heterocycles. The van der Waals surface area contributed by atoms with Gasteiger partial charge >= 0.3 is 0 Å². The molecule has 0 radical (unpaired) electrons. The fourth-order valence-corrected chi connectivity index (χ4v) is 3.07. The van der Waals surface area contributed by atoms with Gasteiger partial charge < -0.3 is 9.72 Å². The van der Waals surface area contributed by atoms with Crippen molar-refractivity contribution in [3.05, 3.63) is 84.4 Å². The van der Waals surface area contributed by atoms with Crippen LogP contribution in [0.25, 0.3) is 16.8 Å². The highest BCUT2D eigenvalue weighted by atomic mass is 35.5. The molecule has 5 nitrogen and oxygen atoms in total. The number of imidazole rings is 1. The molecule has 0 bridgehead atoms. The third-order valence-electron chi connectivity index (χ3n) is 4.70. The number of benzene rings is 1. The van der Waals surface area contributed by atoms with Gasteiger partial charge in [0.05, 0.1) is 6.20 Å². The van der Waals surface area contributed by atoms with Crippen molar-refractivity contribution in [2.75, 3.05) is 5.32 Å². The smallest absolute Gasteiger partial charge is 0.256 e. The summed E-state index contributed by atoms with van der Waals surface area (Å²) in [6.07, 6.45) is 7.37. The molecular weight excluding hydrogens is 419 g/mol. The van der Waals surface area contributed by atoms with E-state index in [2.05, 4.69) is 36.1 Å². The number of halogens is 2. The second-order valence-electron chi connectivity index (χ2n) is 7.83. The van der Waals surface area contributed by atoms with Gasteiger partial charge in [0, 0.05) is 29.7 Å². The van der Waals surface area contributed by atoms with Crippen LogP contribution in [0.5, 0.6) is 0 Å². The number of hydrogen-bond donors (Lipinski definition) is 1. The lowest BCUT2D eigenvalue weighted by molar-refractivity contribution is 0.102. The number of carbonyl (C=O) groups excluding carboxylic acids is 1. The van der Waals surface area contributed by atoms with Crippen molar-refractivity contribution in [2.24, 2.45) is 0 Å². The highest BCUT2D eigenvalue weighted by molar-refractivity contribution is 6.03. The number of rotatable bonds is 3. The summed E-state index contributed by atoms with van der Waals surface area (Å²) in [5, 5.41) is 2.88. The first-order valence-electron chi connectivity index (χ1n) is 9.21. The number of pyridine rings is 2. The number of hydrogen-bond acceptors (Lipinski definition) is 3. The van der Waals surface area contributed by atoms with Crippen molar-refractivity contribution in [3.8, 4) is 11.1 Å². The van der Waals surface area contributed by atoms with Crippen molar-refractivity contribution in [1.82, 2.24) is 14.4 Å². The Hall–Kier alpha value is -2.89. The molecule has 30 heavy (non-hydrogen) atoms. The molecule has 0 aliphatic rings. The second-order valence-corrected chi connectivity index (χ2v) is 7.83. The molecule has 0 fully saturated rings. The number of amides is 1. The molecule has 1 N–H and O–H groups in total. The maximum atomic E-state index is 12.6. The topological polar surface area (TPSA) is 59.3 Å². The van der Waals surface area contributed by atoms with E-state index in [0.717, 1.165) is 16.8 Å². The van der Waals surface area contributed by atoms with Gasteiger partial charge in [0.15, 0.2) is 5.82 Å². The van der Waals surface area contributed by atoms with Crippen LogP contribution in [0.3, 0.4) is 0 Å². The average molecular weight is 443 g/mol. The van der Waals surface area contributed by atoms with Gasteiger partial charge in [0.25, 0.3) is 5.91 Å².